The van der Waals surface area contributed by atoms with Gasteiger partial charge in [0.15, 0.2) is 0 Å². The Morgan fingerprint density at radius 3 is 3.00 bits per heavy atom. The summed E-state index contributed by atoms with van der Waals surface area (Å²) in [6, 6.07) is 4.72. The first-order valence-corrected chi connectivity index (χ1v) is 7.39. The Labute approximate surface area is 120 Å². The van der Waals surface area contributed by atoms with Crippen LogP contribution >= 0.6 is 22.9 Å². The molecule has 1 aromatic carbocycles. The molecule has 0 saturated heterocycles. The normalized spacial score (nSPS) is 10.9. The molecule has 1 aromatic heterocycles. The molecular weight excluding hydrogens is 285 g/mol. The average molecular weight is 300 g/mol. The SMILES string of the molecule is CCNCCCc1nnc(-c2cccc(F)c2Cl)s1. The van der Waals surface area contributed by atoms with Gasteiger partial charge in [-0.3, -0.25) is 0 Å². The predicted octanol–water partition coefficient (Wildman–Crippen LogP) is 3.54. The van der Waals surface area contributed by atoms with Gasteiger partial charge < -0.3 is 5.32 Å². The van der Waals surface area contributed by atoms with Crippen LogP contribution in [-0.4, -0.2) is 23.3 Å². The lowest BCUT2D eigenvalue weighted by Gasteiger charge is -1.99. The number of halogens is 2. The lowest BCUT2D eigenvalue weighted by molar-refractivity contribution is 0.628. The van der Waals surface area contributed by atoms with Crippen LogP contribution in [0.15, 0.2) is 18.2 Å². The van der Waals surface area contributed by atoms with Crippen molar-refractivity contribution in [1.82, 2.24) is 15.5 Å². The molecule has 0 aliphatic heterocycles. The predicted molar refractivity (Wildman–Crippen MR) is 77.2 cm³/mol. The second-order valence-corrected chi connectivity index (χ2v) is 5.50. The van der Waals surface area contributed by atoms with Crippen molar-refractivity contribution >= 4 is 22.9 Å². The quantitative estimate of drug-likeness (QED) is 0.829. The molecule has 1 N–H and O–H groups in total. The van der Waals surface area contributed by atoms with E-state index in [-0.39, 0.29) is 5.02 Å². The number of benzene rings is 1. The zero-order chi connectivity index (χ0) is 13.7. The maximum Gasteiger partial charge on any atom is 0.149 e. The van der Waals surface area contributed by atoms with E-state index < -0.39 is 5.82 Å². The van der Waals surface area contributed by atoms with Gasteiger partial charge in [-0.05, 0) is 25.6 Å². The summed E-state index contributed by atoms with van der Waals surface area (Å²) in [4.78, 5) is 0. The fourth-order valence-electron chi connectivity index (χ4n) is 1.67. The fourth-order valence-corrected chi connectivity index (χ4v) is 2.86. The molecule has 19 heavy (non-hydrogen) atoms. The van der Waals surface area contributed by atoms with Crippen LogP contribution in [0.2, 0.25) is 5.02 Å². The molecule has 0 atom stereocenters. The van der Waals surface area contributed by atoms with Gasteiger partial charge in [0.2, 0.25) is 0 Å². The lowest BCUT2D eigenvalue weighted by atomic mass is 10.2. The summed E-state index contributed by atoms with van der Waals surface area (Å²) in [5.41, 5.74) is 0.608. The van der Waals surface area contributed by atoms with Crippen molar-refractivity contribution in [3.8, 4) is 10.6 Å². The minimum absolute atomic E-state index is 0.109. The molecule has 0 saturated carbocycles. The molecule has 0 aliphatic carbocycles. The standard InChI is InChI=1S/C13H15ClFN3S/c1-2-16-8-4-7-11-17-18-13(19-11)9-5-3-6-10(15)12(9)14/h3,5-6,16H,2,4,7-8H2,1H3. The molecule has 0 radical (unpaired) electrons. The van der Waals surface area contributed by atoms with E-state index >= 15 is 0 Å². The number of nitrogens with one attached hydrogen (secondary N) is 1. The third-order valence-corrected chi connectivity index (χ3v) is 4.04. The van der Waals surface area contributed by atoms with Crippen LogP contribution in [0.3, 0.4) is 0 Å². The number of hydrogen-bond acceptors (Lipinski definition) is 4. The summed E-state index contributed by atoms with van der Waals surface area (Å²) >= 11 is 7.40. The third kappa shape index (κ3) is 3.72. The van der Waals surface area contributed by atoms with Crippen molar-refractivity contribution in [2.24, 2.45) is 0 Å². The van der Waals surface area contributed by atoms with Crippen LogP contribution in [0.1, 0.15) is 18.4 Å². The maximum absolute atomic E-state index is 13.4. The minimum Gasteiger partial charge on any atom is -0.317 e. The molecule has 6 heteroatoms. The Bertz CT molecular complexity index is 544. The second-order valence-electron chi connectivity index (χ2n) is 4.06. The highest BCUT2D eigenvalue weighted by Crippen LogP contribution is 2.31. The number of hydrogen-bond donors (Lipinski definition) is 1. The Kier molecular flexibility index (Phi) is 5.24. The van der Waals surface area contributed by atoms with Crippen molar-refractivity contribution in [2.75, 3.05) is 13.1 Å². The highest BCUT2D eigenvalue weighted by molar-refractivity contribution is 7.14. The van der Waals surface area contributed by atoms with Crippen molar-refractivity contribution in [2.45, 2.75) is 19.8 Å². The van der Waals surface area contributed by atoms with Gasteiger partial charge in [0, 0.05) is 12.0 Å². The molecule has 0 amide bonds. The van der Waals surface area contributed by atoms with Crippen LogP contribution in [0, 0.1) is 5.82 Å². The van der Waals surface area contributed by atoms with Crippen LogP contribution in [0.4, 0.5) is 4.39 Å². The van der Waals surface area contributed by atoms with E-state index in [1.54, 1.807) is 12.1 Å². The molecule has 2 rings (SSSR count). The van der Waals surface area contributed by atoms with Crippen molar-refractivity contribution in [3.63, 3.8) is 0 Å². The van der Waals surface area contributed by atoms with Crippen LogP contribution < -0.4 is 5.32 Å². The van der Waals surface area contributed by atoms with Gasteiger partial charge in [-0.1, -0.05) is 42.0 Å². The monoisotopic (exact) mass is 299 g/mol. The van der Waals surface area contributed by atoms with Gasteiger partial charge in [0.25, 0.3) is 0 Å². The van der Waals surface area contributed by atoms with Gasteiger partial charge in [-0.2, -0.15) is 0 Å². The molecule has 2 aromatic rings. The third-order valence-electron chi connectivity index (χ3n) is 2.64. The number of aryl methyl sites for hydroxylation is 1. The molecular formula is C13H15ClFN3S. The summed E-state index contributed by atoms with van der Waals surface area (Å²) in [5.74, 6) is -0.428. The van der Waals surface area contributed by atoms with Gasteiger partial charge in [0.05, 0.1) is 5.02 Å². The van der Waals surface area contributed by atoms with Crippen molar-refractivity contribution in [3.05, 3.63) is 34.0 Å². The highest BCUT2D eigenvalue weighted by atomic mass is 35.5. The Morgan fingerprint density at radius 1 is 1.37 bits per heavy atom. The van der Waals surface area contributed by atoms with E-state index in [2.05, 4.69) is 22.4 Å². The summed E-state index contributed by atoms with van der Waals surface area (Å²) in [6.45, 7) is 4.02. The van der Waals surface area contributed by atoms with Crippen LogP contribution in [0.25, 0.3) is 10.6 Å². The summed E-state index contributed by atoms with van der Waals surface area (Å²) < 4.78 is 13.4. The van der Waals surface area contributed by atoms with E-state index in [0.29, 0.717) is 10.6 Å². The van der Waals surface area contributed by atoms with E-state index in [1.807, 2.05) is 0 Å². The van der Waals surface area contributed by atoms with E-state index in [9.17, 15) is 4.39 Å². The molecule has 0 bridgehead atoms. The Balaban J connectivity index is 2.06. The molecule has 3 nitrogen and oxygen atoms in total. The molecule has 0 spiro atoms. The average Bonchev–Trinajstić information content (AvgIpc) is 2.87. The first kappa shape index (κ1) is 14.4. The zero-order valence-corrected chi connectivity index (χ0v) is 12.2. The first-order valence-electron chi connectivity index (χ1n) is 6.20. The first-order chi connectivity index (χ1) is 9.22. The topological polar surface area (TPSA) is 37.8 Å². The minimum atomic E-state index is -0.428. The van der Waals surface area contributed by atoms with Crippen molar-refractivity contribution < 1.29 is 4.39 Å². The molecule has 0 fully saturated rings. The van der Waals surface area contributed by atoms with E-state index in [1.165, 1.54) is 17.4 Å². The number of aromatic nitrogens is 2. The molecule has 0 unspecified atom stereocenters. The highest BCUT2D eigenvalue weighted by Gasteiger charge is 2.12. The summed E-state index contributed by atoms with van der Waals surface area (Å²) in [7, 11) is 0. The van der Waals surface area contributed by atoms with Crippen molar-refractivity contribution in [1.29, 1.82) is 0 Å². The Hall–Kier alpha value is -1.04. The van der Waals surface area contributed by atoms with Gasteiger partial charge >= 0.3 is 0 Å². The van der Waals surface area contributed by atoms with Crippen LogP contribution in [0.5, 0.6) is 0 Å². The van der Waals surface area contributed by atoms with E-state index in [0.717, 1.165) is 30.9 Å². The van der Waals surface area contributed by atoms with Gasteiger partial charge in [-0.25, -0.2) is 4.39 Å². The maximum atomic E-state index is 13.4. The van der Waals surface area contributed by atoms with Crippen LogP contribution in [-0.2, 0) is 6.42 Å². The fraction of sp³-hybridized carbons (Fsp3) is 0.385. The van der Waals surface area contributed by atoms with E-state index in [4.69, 9.17) is 11.6 Å². The summed E-state index contributed by atoms with van der Waals surface area (Å²) in [6.07, 6.45) is 1.89. The number of rotatable bonds is 6. The van der Waals surface area contributed by atoms with Gasteiger partial charge in [-0.15, -0.1) is 10.2 Å². The van der Waals surface area contributed by atoms with Gasteiger partial charge in [0.1, 0.15) is 15.8 Å². The zero-order valence-electron chi connectivity index (χ0n) is 10.6. The largest absolute Gasteiger partial charge is 0.317 e. The summed E-state index contributed by atoms with van der Waals surface area (Å²) in [5, 5.41) is 13.2. The Morgan fingerprint density at radius 2 is 2.21 bits per heavy atom. The number of nitrogens with zero attached hydrogens (tertiary/aromatic N) is 2. The molecule has 102 valence electrons. The lowest BCUT2D eigenvalue weighted by Crippen LogP contribution is -2.14. The second kappa shape index (κ2) is 6.93. The smallest absolute Gasteiger partial charge is 0.149 e. The molecule has 1 heterocycles. The molecule has 0 aliphatic rings.